The van der Waals surface area contributed by atoms with Crippen LogP contribution in [0.3, 0.4) is 0 Å². The Kier molecular flexibility index (Phi) is 2.91. The molecule has 0 aliphatic carbocycles. The molecule has 1 N–H and O–H groups in total. The lowest BCUT2D eigenvalue weighted by Gasteiger charge is -2.16. The van der Waals surface area contributed by atoms with Crippen LogP contribution in [-0.4, -0.2) is 40.6 Å². The third-order valence-corrected chi connectivity index (χ3v) is 3.83. The highest BCUT2D eigenvalue weighted by atomic mass is 32.1. The Morgan fingerprint density at radius 1 is 1.53 bits per heavy atom. The second kappa shape index (κ2) is 4.10. The lowest BCUT2D eigenvalue weighted by molar-refractivity contribution is -0.149. The first-order valence-electron chi connectivity index (χ1n) is 5.20. The monoisotopic (exact) mass is 257 g/mol. The highest BCUT2D eigenvalue weighted by Crippen LogP contribution is 2.28. The smallest absolute Gasteiger partial charge is 0.343 e. The van der Waals surface area contributed by atoms with E-state index < -0.39 is 11.6 Å². The van der Waals surface area contributed by atoms with Crippen LogP contribution in [0.5, 0.6) is 0 Å². The van der Waals surface area contributed by atoms with Gasteiger partial charge in [0.05, 0.1) is 11.4 Å². The Morgan fingerprint density at radius 3 is 2.71 bits per heavy atom. The predicted molar refractivity (Wildman–Crippen MR) is 61.1 cm³/mol. The van der Waals surface area contributed by atoms with E-state index >= 15 is 0 Å². The fourth-order valence-corrected chi connectivity index (χ4v) is 2.66. The van der Waals surface area contributed by atoms with Gasteiger partial charge in [-0.25, -0.2) is 9.18 Å². The van der Waals surface area contributed by atoms with Crippen LogP contribution in [0.25, 0.3) is 0 Å². The molecule has 0 spiro atoms. The van der Waals surface area contributed by atoms with Crippen molar-refractivity contribution in [3.63, 3.8) is 0 Å². The van der Waals surface area contributed by atoms with Crippen LogP contribution in [0.1, 0.15) is 21.0 Å². The molecule has 1 fully saturated rings. The highest BCUT2D eigenvalue weighted by molar-refractivity contribution is 7.13. The molecule has 0 bridgehead atoms. The summed E-state index contributed by atoms with van der Waals surface area (Å²) in [4.78, 5) is 25.5. The average molecular weight is 257 g/mol. The van der Waals surface area contributed by atoms with Crippen LogP contribution in [0.4, 0.5) is 4.39 Å². The molecular formula is C11H12FNO3S. The Balaban J connectivity index is 2.11. The number of nitrogens with zero attached hydrogens (tertiary/aromatic N) is 1. The van der Waals surface area contributed by atoms with Crippen LogP contribution < -0.4 is 0 Å². The number of aliphatic carboxylic acids is 1. The first kappa shape index (κ1) is 12.0. The molecule has 17 heavy (non-hydrogen) atoms. The number of hydrogen-bond donors (Lipinski definition) is 1. The maximum Gasteiger partial charge on any atom is 0.343 e. The molecule has 1 aromatic heterocycles. The van der Waals surface area contributed by atoms with Gasteiger partial charge in [0.1, 0.15) is 0 Å². The van der Waals surface area contributed by atoms with E-state index in [9.17, 15) is 14.0 Å². The van der Waals surface area contributed by atoms with Crippen molar-refractivity contribution >= 4 is 23.2 Å². The molecule has 0 saturated carbocycles. The summed E-state index contributed by atoms with van der Waals surface area (Å²) in [6, 6.07) is 3.50. The zero-order valence-corrected chi connectivity index (χ0v) is 10.1. The quantitative estimate of drug-likeness (QED) is 0.877. The molecule has 1 saturated heterocycles. The molecule has 2 rings (SSSR count). The van der Waals surface area contributed by atoms with Crippen molar-refractivity contribution in [1.82, 2.24) is 4.90 Å². The lowest BCUT2D eigenvalue weighted by atomic mass is 10.1. The van der Waals surface area contributed by atoms with Gasteiger partial charge in [-0.15, -0.1) is 11.3 Å². The van der Waals surface area contributed by atoms with Crippen LogP contribution >= 0.6 is 11.3 Å². The summed E-state index contributed by atoms with van der Waals surface area (Å²) in [6.45, 7) is 1.67. The summed E-state index contributed by atoms with van der Waals surface area (Å²) in [5.41, 5.74) is -2.29. The number of thiophene rings is 1. The lowest BCUT2D eigenvalue weighted by Crippen LogP contribution is -2.38. The van der Waals surface area contributed by atoms with Gasteiger partial charge in [-0.1, -0.05) is 0 Å². The number of alkyl halides is 1. The van der Waals surface area contributed by atoms with E-state index in [0.29, 0.717) is 4.88 Å². The van der Waals surface area contributed by atoms with Crippen molar-refractivity contribution in [1.29, 1.82) is 0 Å². The minimum atomic E-state index is -2.29. The molecule has 0 aromatic carbocycles. The van der Waals surface area contributed by atoms with Gasteiger partial charge in [0.15, 0.2) is 0 Å². The molecule has 1 amide bonds. The molecule has 92 valence electrons. The zero-order valence-electron chi connectivity index (χ0n) is 9.27. The summed E-state index contributed by atoms with van der Waals surface area (Å²) in [5, 5.41) is 8.74. The Morgan fingerprint density at radius 2 is 2.24 bits per heavy atom. The van der Waals surface area contributed by atoms with Crippen LogP contribution in [0, 0.1) is 6.92 Å². The van der Waals surface area contributed by atoms with Gasteiger partial charge in [0, 0.05) is 17.8 Å². The first-order valence-corrected chi connectivity index (χ1v) is 6.02. The van der Waals surface area contributed by atoms with Crippen molar-refractivity contribution in [2.45, 2.75) is 19.0 Å². The van der Waals surface area contributed by atoms with Gasteiger partial charge in [0.2, 0.25) is 5.67 Å². The molecule has 1 unspecified atom stereocenters. The number of carbonyl (C=O) groups is 2. The van der Waals surface area contributed by atoms with Crippen molar-refractivity contribution < 1.29 is 19.1 Å². The Bertz CT molecular complexity index is 473. The van der Waals surface area contributed by atoms with Gasteiger partial charge >= 0.3 is 5.97 Å². The predicted octanol–water partition coefficient (Wildman–Crippen LogP) is 1.70. The highest BCUT2D eigenvalue weighted by Gasteiger charge is 2.47. The molecule has 4 nitrogen and oxygen atoms in total. The average Bonchev–Trinajstić information content (AvgIpc) is 2.85. The van der Waals surface area contributed by atoms with E-state index in [-0.39, 0.29) is 25.4 Å². The molecule has 1 aromatic rings. The number of hydrogen-bond acceptors (Lipinski definition) is 3. The molecule has 2 heterocycles. The Labute approximate surface area is 102 Å². The van der Waals surface area contributed by atoms with Gasteiger partial charge in [-0.3, -0.25) is 4.79 Å². The third-order valence-electron chi connectivity index (χ3n) is 2.84. The van der Waals surface area contributed by atoms with E-state index in [0.717, 1.165) is 4.88 Å². The van der Waals surface area contributed by atoms with Crippen molar-refractivity contribution in [3.8, 4) is 0 Å². The van der Waals surface area contributed by atoms with Crippen molar-refractivity contribution in [3.05, 3.63) is 21.9 Å². The molecular weight excluding hydrogens is 245 g/mol. The molecule has 1 aliphatic rings. The van der Waals surface area contributed by atoms with E-state index in [2.05, 4.69) is 0 Å². The van der Waals surface area contributed by atoms with Crippen LogP contribution in [0.2, 0.25) is 0 Å². The third kappa shape index (κ3) is 2.17. The summed E-state index contributed by atoms with van der Waals surface area (Å²) in [5.74, 6) is -1.78. The SMILES string of the molecule is Cc1ccc(C(=O)N2CCC(F)(C(=O)O)C2)s1. The van der Waals surface area contributed by atoms with E-state index in [4.69, 9.17) is 5.11 Å². The van der Waals surface area contributed by atoms with Gasteiger partial charge in [0.25, 0.3) is 5.91 Å². The number of carboxylic acids is 1. The van der Waals surface area contributed by atoms with Crippen molar-refractivity contribution in [2.24, 2.45) is 0 Å². The second-order valence-electron chi connectivity index (χ2n) is 4.16. The number of halogens is 1. The zero-order chi connectivity index (χ0) is 12.6. The maximum atomic E-state index is 13.8. The molecule has 6 heteroatoms. The summed E-state index contributed by atoms with van der Waals surface area (Å²) in [6.07, 6.45) is -0.140. The molecule has 1 aliphatic heterocycles. The summed E-state index contributed by atoms with van der Waals surface area (Å²) in [7, 11) is 0. The standard InChI is InChI=1S/C11H12FNO3S/c1-7-2-3-8(17-7)9(14)13-5-4-11(12,6-13)10(15)16/h2-3H,4-6H2,1H3,(H,15,16). The van der Waals surface area contributed by atoms with E-state index in [1.807, 2.05) is 13.0 Å². The number of rotatable bonds is 2. The number of carbonyl (C=O) groups excluding carboxylic acids is 1. The normalized spacial score (nSPS) is 24.0. The van der Waals surface area contributed by atoms with Crippen LogP contribution in [-0.2, 0) is 4.79 Å². The first-order chi connectivity index (χ1) is 7.92. The van der Waals surface area contributed by atoms with Crippen molar-refractivity contribution in [2.75, 3.05) is 13.1 Å². The van der Waals surface area contributed by atoms with E-state index in [1.54, 1.807) is 6.07 Å². The largest absolute Gasteiger partial charge is 0.479 e. The number of likely N-dealkylation sites (tertiary alicyclic amines) is 1. The number of amides is 1. The second-order valence-corrected chi connectivity index (χ2v) is 5.45. The summed E-state index contributed by atoms with van der Waals surface area (Å²) >= 11 is 1.33. The van der Waals surface area contributed by atoms with Crippen LogP contribution in [0.15, 0.2) is 12.1 Å². The van der Waals surface area contributed by atoms with Gasteiger partial charge in [-0.05, 0) is 19.1 Å². The van der Waals surface area contributed by atoms with Gasteiger partial charge < -0.3 is 10.0 Å². The fraction of sp³-hybridized carbons (Fsp3) is 0.455. The topological polar surface area (TPSA) is 57.6 Å². The molecule has 0 radical (unpaired) electrons. The Hall–Kier alpha value is -1.43. The molecule has 1 atom stereocenters. The van der Waals surface area contributed by atoms with Gasteiger partial charge in [-0.2, -0.15) is 0 Å². The minimum Gasteiger partial charge on any atom is -0.479 e. The summed E-state index contributed by atoms with van der Waals surface area (Å²) < 4.78 is 13.8. The number of aryl methyl sites for hydroxylation is 1. The minimum absolute atomic E-state index is 0.140. The van der Waals surface area contributed by atoms with E-state index in [1.165, 1.54) is 16.2 Å². The fourth-order valence-electron chi connectivity index (χ4n) is 1.83. The number of carboxylic acid groups (broad SMARTS) is 1. The maximum absolute atomic E-state index is 13.8.